The van der Waals surface area contributed by atoms with E-state index >= 15 is 0 Å². The number of nitrogens with one attached hydrogen (secondary N) is 1. The molecular formula is C13H19NO2. The van der Waals surface area contributed by atoms with Gasteiger partial charge in [-0.25, -0.2) is 0 Å². The number of methoxy groups -OCH3 is 1. The Kier molecular flexibility index (Phi) is 4.99. The van der Waals surface area contributed by atoms with E-state index in [1.165, 1.54) is 11.1 Å². The number of hydrogen-bond donors (Lipinski definition) is 1. The number of para-hydroxylation sites is 1. The van der Waals surface area contributed by atoms with Crippen LogP contribution in [0.2, 0.25) is 0 Å². The zero-order chi connectivity index (χ0) is 12.0. The highest BCUT2D eigenvalue weighted by molar-refractivity contribution is 5.61. The predicted octanol–water partition coefficient (Wildman–Crippen LogP) is 2.18. The minimum absolute atomic E-state index is 0.385. The third kappa shape index (κ3) is 3.07. The molecule has 16 heavy (non-hydrogen) atoms. The SMILES string of the molecule is CCc1cccc(C)c1NCC(C=O)OC. The van der Waals surface area contributed by atoms with Crippen LogP contribution in [0, 0.1) is 6.92 Å². The zero-order valence-corrected chi connectivity index (χ0v) is 10.1. The van der Waals surface area contributed by atoms with Gasteiger partial charge in [0.25, 0.3) is 0 Å². The van der Waals surface area contributed by atoms with Crippen molar-refractivity contribution in [3.05, 3.63) is 29.3 Å². The number of anilines is 1. The Labute approximate surface area is 96.8 Å². The Balaban J connectivity index is 2.75. The van der Waals surface area contributed by atoms with E-state index in [1.54, 1.807) is 7.11 Å². The molecule has 1 aromatic carbocycles. The lowest BCUT2D eigenvalue weighted by Crippen LogP contribution is -2.23. The van der Waals surface area contributed by atoms with Crippen LogP contribution in [0.25, 0.3) is 0 Å². The fourth-order valence-electron chi connectivity index (χ4n) is 1.67. The molecule has 0 aliphatic carbocycles. The number of aryl methyl sites for hydroxylation is 2. The molecule has 0 aliphatic heterocycles. The van der Waals surface area contributed by atoms with Gasteiger partial charge in [0.1, 0.15) is 6.10 Å². The van der Waals surface area contributed by atoms with Crippen LogP contribution in [-0.2, 0) is 16.0 Å². The normalized spacial score (nSPS) is 12.2. The fraction of sp³-hybridized carbons (Fsp3) is 0.462. The first-order chi connectivity index (χ1) is 7.72. The topological polar surface area (TPSA) is 38.3 Å². The quantitative estimate of drug-likeness (QED) is 0.748. The molecule has 0 aliphatic rings. The summed E-state index contributed by atoms with van der Waals surface area (Å²) >= 11 is 0. The van der Waals surface area contributed by atoms with E-state index in [4.69, 9.17) is 4.74 Å². The van der Waals surface area contributed by atoms with E-state index < -0.39 is 0 Å². The van der Waals surface area contributed by atoms with Gasteiger partial charge in [0.15, 0.2) is 6.29 Å². The summed E-state index contributed by atoms with van der Waals surface area (Å²) in [7, 11) is 1.54. The number of benzene rings is 1. The molecule has 0 saturated carbocycles. The van der Waals surface area contributed by atoms with Crippen LogP contribution in [0.15, 0.2) is 18.2 Å². The Morgan fingerprint density at radius 1 is 1.50 bits per heavy atom. The van der Waals surface area contributed by atoms with Crippen LogP contribution in [0.4, 0.5) is 5.69 Å². The lowest BCUT2D eigenvalue weighted by molar-refractivity contribution is -0.115. The van der Waals surface area contributed by atoms with Crippen molar-refractivity contribution in [2.45, 2.75) is 26.4 Å². The maximum absolute atomic E-state index is 10.6. The third-order valence-corrected chi connectivity index (χ3v) is 2.67. The molecule has 3 heteroatoms. The molecule has 1 rings (SSSR count). The summed E-state index contributed by atoms with van der Waals surface area (Å²) in [5.41, 5.74) is 3.58. The Morgan fingerprint density at radius 3 is 2.81 bits per heavy atom. The molecule has 0 saturated heterocycles. The van der Waals surface area contributed by atoms with Crippen molar-refractivity contribution < 1.29 is 9.53 Å². The van der Waals surface area contributed by atoms with E-state index in [0.717, 1.165) is 18.4 Å². The molecule has 1 aromatic rings. The van der Waals surface area contributed by atoms with Gasteiger partial charge in [0, 0.05) is 19.3 Å². The summed E-state index contributed by atoms with van der Waals surface area (Å²) in [6.07, 6.45) is 1.41. The van der Waals surface area contributed by atoms with Crippen LogP contribution in [-0.4, -0.2) is 26.0 Å². The summed E-state index contributed by atoms with van der Waals surface area (Å²) < 4.78 is 5.00. The van der Waals surface area contributed by atoms with Gasteiger partial charge in [0.05, 0.1) is 0 Å². The second-order valence-corrected chi connectivity index (χ2v) is 3.75. The molecule has 0 radical (unpaired) electrons. The van der Waals surface area contributed by atoms with Crippen molar-refractivity contribution in [1.29, 1.82) is 0 Å². The van der Waals surface area contributed by atoms with Crippen molar-refractivity contribution in [3.63, 3.8) is 0 Å². The smallest absolute Gasteiger partial charge is 0.150 e. The summed E-state index contributed by atoms with van der Waals surface area (Å²) in [5.74, 6) is 0. The van der Waals surface area contributed by atoms with Gasteiger partial charge in [-0.2, -0.15) is 0 Å². The molecular weight excluding hydrogens is 202 g/mol. The van der Waals surface area contributed by atoms with Crippen molar-refractivity contribution in [2.75, 3.05) is 19.0 Å². The van der Waals surface area contributed by atoms with Gasteiger partial charge in [-0.15, -0.1) is 0 Å². The highest BCUT2D eigenvalue weighted by Crippen LogP contribution is 2.20. The molecule has 0 aromatic heterocycles. The number of carbonyl (C=O) groups is 1. The largest absolute Gasteiger partial charge is 0.382 e. The van der Waals surface area contributed by atoms with Crippen molar-refractivity contribution in [2.24, 2.45) is 0 Å². The van der Waals surface area contributed by atoms with Crippen LogP contribution in [0.1, 0.15) is 18.1 Å². The van der Waals surface area contributed by atoms with E-state index in [1.807, 2.05) is 6.07 Å². The van der Waals surface area contributed by atoms with Gasteiger partial charge < -0.3 is 14.8 Å². The molecule has 0 amide bonds. The molecule has 1 atom stereocenters. The lowest BCUT2D eigenvalue weighted by atomic mass is 10.1. The van der Waals surface area contributed by atoms with Crippen LogP contribution >= 0.6 is 0 Å². The first kappa shape index (κ1) is 12.7. The maximum Gasteiger partial charge on any atom is 0.150 e. The first-order valence-electron chi connectivity index (χ1n) is 5.53. The summed E-state index contributed by atoms with van der Waals surface area (Å²) in [4.78, 5) is 10.6. The number of hydrogen-bond acceptors (Lipinski definition) is 3. The maximum atomic E-state index is 10.6. The zero-order valence-electron chi connectivity index (χ0n) is 10.1. The van der Waals surface area contributed by atoms with Gasteiger partial charge in [-0.3, -0.25) is 0 Å². The van der Waals surface area contributed by atoms with E-state index in [2.05, 4.69) is 31.3 Å². The van der Waals surface area contributed by atoms with Crippen molar-refractivity contribution in [1.82, 2.24) is 0 Å². The second kappa shape index (κ2) is 6.28. The van der Waals surface area contributed by atoms with E-state index in [9.17, 15) is 4.79 Å². The number of ether oxygens (including phenoxy) is 1. The van der Waals surface area contributed by atoms with Gasteiger partial charge in [-0.05, 0) is 24.5 Å². The minimum Gasteiger partial charge on any atom is -0.382 e. The van der Waals surface area contributed by atoms with Gasteiger partial charge >= 0.3 is 0 Å². The second-order valence-electron chi connectivity index (χ2n) is 3.75. The third-order valence-electron chi connectivity index (χ3n) is 2.67. The summed E-state index contributed by atoms with van der Waals surface area (Å²) in [5, 5.41) is 3.28. The van der Waals surface area contributed by atoms with Gasteiger partial charge in [-0.1, -0.05) is 25.1 Å². The van der Waals surface area contributed by atoms with Crippen molar-refractivity contribution in [3.8, 4) is 0 Å². The Hall–Kier alpha value is -1.35. The van der Waals surface area contributed by atoms with Gasteiger partial charge in [0.2, 0.25) is 0 Å². The summed E-state index contributed by atoms with van der Waals surface area (Å²) in [6, 6.07) is 6.20. The number of rotatable bonds is 6. The average molecular weight is 221 g/mol. The van der Waals surface area contributed by atoms with E-state index in [0.29, 0.717) is 6.54 Å². The predicted molar refractivity (Wildman–Crippen MR) is 65.9 cm³/mol. The standard InChI is InChI=1S/C13H19NO2/c1-4-11-7-5-6-10(2)13(11)14-8-12(9-15)16-3/h5-7,9,12,14H,4,8H2,1-3H3. The molecule has 88 valence electrons. The molecule has 0 heterocycles. The van der Waals surface area contributed by atoms with Crippen LogP contribution < -0.4 is 5.32 Å². The molecule has 0 fully saturated rings. The molecule has 1 unspecified atom stereocenters. The van der Waals surface area contributed by atoms with Crippen LogP contribution in [0.3, 0.4) is 0 Å². The number of aldehydes is 1. The fourth-order valence-corrected chi connectivity index (χ4v) is 1.67. The molecule has 0 spiro atoms. The molecule has 3 nitrogen and oxygen atoms in total. The molecule has 0 bridgehead atoms. The summed E-state index contributed by atoms with van der Waals surface area (Å²) in [6.45, 7) is 4.69. The minimum atomic E-state index is -0.385. The van der Waals surface area contributed by atoms with E-state index in [-0.39, 0.29) is 6.10 Å². The lowest BCUT2D eigenvalue weighted by Gasteiger charge is -2.16. The molecule has 1 N–H and O–H groups in total. The highest BCUT2D eigenvalue weighted by Gasteiger charge is 2.08. The average Bonchev–Trinajstić information content (AvgIpc) is 2.31. The Bertz CT molecular complexity index is 350. The number of carbonyl (C=O) groups excluding carboxylic acids is 1. The van der Waals surface area contributed by atoms with Crippen molar-refractivity contribution >= 4 is 12.0 Å². The first-order valence-corrected chi connectivity index (χ1v) is 5.53. The Morgan fingerprint density at radius 2 is 2.25 bits per heavy atom. The highest BCUT2D eigenvalue weighted by atomic mass is 16.5. The van der Waals surface area contributed by atoms with Crippen LogP contribution in [0.5, 0.6) is 0 Å². The monoisotopic (exact) mass is 221 g/mol.